The first-order valence-corrected chi connectivity index (χ1v) is 3.23. The summed E-state index contributed by atoms with van der Waals surface area (Å²) in [4.78, 5) is 21.0. The summed E-state index contributed by atoms with van der Waals surface area (Å²) >= 11 is 3.93. The van der Waals surface area contributed by atoms with Crippen LogP contribution in [-0.2, 0) is 9.59 Å². The van der Waals surface area contributed by atoms with Gasteiger partial charge in [0.2, 0.25) is 11.8 Å². The molecule has 3 nitrogen and oxygen atoms in total. The van der Waals surface area contributed by atoms with E-state index in [4.69, 9.17) is 0 Å². The Morgan fingerprint density at radius 3 is 2.67 bits per heavy atom. The first-order chi connectivity index (χ1) is 4.20. The van der Waals surface area contributed by atoms with Crippen LogP contribution in [0.15, 0.2) is 0 Å². The average molecular weight is 145 g/mol. The second kappa shape index (κ2) is 2.39. The van der Waals surface area contributed by atoms with Crippen LogP contribution in [0.3, 0.4) is 0 Å². The monoisotopic (exact) mass is 145 g/mol. The van der Waals surface area contributed by atoms with Gasteiger partial charge in [0.1, 0.15) is 0 Å². The fourth-order valence-corrected chi connectivity index (χ4v) is 0.876. The van der Waals surface area contributed by atoms with Crippen molar-refractivity contribution in [2.45, 2.75) is 18.1 Å². The van der Waals surface area contributed by atoms with Gasteiger partial charge in [-0.1, -0.05) is 0 Å². The molecule has 1 saturated heterocycles. The lowest BCUT2D eigenvalue weighted by atomic mass is 10.1. The molecule has 1 unspecified atom stereocenters. The smallest absolute Gasteiger partial charge is 0.239 e. The lowest BCUT2D eigenvalue weighted by Gasteiger charge is -2.14. The Kier molecular flexibility index (Phi) is 1.75. The first kappa shape index (κ1) is 6.61. The zero-order valence-electron chi connectivity index (χ0n) is 4.76. The number of rotatable bonds is 0. The standard InChI is InChI=1S/C5H7NO2S/c7-4-2-1-3(9)5(8)6-4/h3,9H,1-2H2,(H,6,7,8). The topological polar surface area (TPSA) is 46.2 Å². The Bertz CT molecular complexity index is 157. The Morgan fingerprint density at radius 1 is 1.56 bits per heavy atom. The quantitative estimate of drug-likeness (QED) is 0.364. The molecule has 0 bridgehead atoms. The van der Waals surface area contributed by atoms with Crippen molar-refractivity contribution in [3.8, 4) is 0 Å². The molecule has 1 N–H and O–H groups in total. The van der Waals surface area contributed by atoms with Gasteiger partial charge in [0.15, 0.2) is 0 Å². The minimum atomic E-state index is -0.289. The van der Waals surface area contributed by atoms with Gasteiger partial charge >= 0.3 is 0 Å². The Hall–Kier alpha value is -0.510. The van der Waals surface area contributed by atoms with Gasteiger partial charge in [0, 0.05) is 6.42 Å². The molecule has 0 aromatic carbocycles. The molecule has 1 fully saturated rings. The van der Waals surface area contributed by atoms with Crippen LogP contribution in [0.1, 0.15) is 12.8 Å². The summed E-state index contributed by atoms with van der Waals surface area (Å²) in [6.45, 7) is 0. The fourth-order valence-electron chi connectivity index (χ4n) is 0.682. The van der Waals surface area contributed by atoms with E-state index in [9.17, 15) is 9.59 Å². The van der Waals surface area contributed by atoms with Gasteiger partial charge in [-0.05, 0) is 6.42 Å². The molecule has 1 atom stereocenters. The molecule has 1 heterocycles. The zero-order chi connectivity index (χ0) is 6.85. The molecule has 0 aromatic rings. The Labute approximate surface area is 58.2 Å². The van der Waals surface area contributed by atoms with E-state index >= 15 is 0 Å². The number of carbonyl (C=O) groups excluding carboxylic acids is 2. The third-order valence-corrected chi connectivity index (χ3v) is 1.70. The highest BCUT2D eigenvalue weighted by Gasteiger charge is 2.22. The van der Waals surface area contributed by atoms with Crippen molar-refractivity contribution in [2.75, 3.05) is 0 Å². The number of amides is 2. The average Bonchev–Trinajstić information content (AvgIpc) is 1.80. The lowest BCUT2D eigenvalue weighted by Crippen LogP contribution is -2.41. The third kappa shape index (κ3) is 1.45. The minimum absolute atomic E-state index is 0.190. The predicted octanol–water partition coefficient (Wildman–Crippen LogP) is -0.279. The van der Waals surface area contributed by atoms with Gasteiger partial charge in [-0.2, -0.15) is 12.6 Å². The van der Waals surface area contributed by atoms with Crippen LogP contribution in [-0.4, -0.2) is 17.1 Å². The number of hydrogen-bond acceptors (Lipinski definition) is 3. The molecule has 1 rings (SSSR count). The first-order valence-electron chi connectivity index (χ1n) is 2.72. The van der Waals surface area contributed by atoms with E-state index in [2.05, 4.69) is 17.9 Å². The lowest BCUT2D eigenvalue weighted by molar-refractivity contribution is -0.132. The molecule has 0 aromatic heterocycles. The van der Waals surface area contributed by atoms with Crippen LogP contribution in [0.2, 0.25) is 0 Å². The van der Waals surface area contributed by atoms with E-state index in [0.717, 1.165) is 0 Å². The van der Waals surface area contributed by atoms with Crippen LogP contribution in [0.25, 0.3) is 0 Å². The number of imide groups is 1. The van der Waals surface area contributed by atoms with Crippen molar-refractivity contribution < 1.29 is 9.59 Å². The van der Waals surface area contributed by atoms with E-state index in [0.29, 0.717) is 12.8 Å². The summed E-state index contributed by atoms with van der Waals surface area (Å²) < 4.78 is 0. The summed E-state index contributed by atoms with van der Waals surface area (Å²) in [5.74, 6) is -0.458. The molecule has 1 aliphatic rings. The third-order valence-electron chi connectivity index (χ3n) is 1.21. The highest BCUT2D eigenvalue weighted by Crippen LogP contribution is 2.08. The van der Waals surface area contributed by atoms with Crippen LogP contribution >= 0.6 is 12.6 Å². The van der Waals surface area contributed by atoms with Gasteiger partial charge in [0.25, 0.3) is 0 Å². The number of thiol groups is 1. The van der Waals surface area contributed by atoms with E-state index < -0.39 is 0 Å². The summed E-state index contributed by atoms with van der Waals surface area (Å²) in [5, 5.41) is 1.89. The van der Waals surface area contributed by atoms with Crippen molar-refractivity contribution in [3.63, 3.8) is 0 Å². The second-order valence-electron chi connectivity index (χ2n) is 1.97. The van der Waals surface area contributed by atoms with Gasteiger partial charge in [-0.15, -0.1) is 0 Å². The maximum atomic E-state index is 10.6. The van der Waals surface area contributed by atoms with Crippen LogP contribution < -0.4 is 5.32 Å². The van der Waals surface area contributed by atoms with Gasteiger partial charge in [0.05, 0.1) is 5.25 Å². The van der Waals surface area contributed by atoms with Gasteiger partial charge in [-0.25, -0.2) is 0 Å². The predicted molar refractivity (Wildman–Crippen MR) is 35.2 cm³/mol. The van der Waals surface area contributed by atoms with Crippen LogP contribution in [0, 0.1) is 0 Å². The second-order valence-corrected chi connectivity index (χ2v) is 2.59. The van der Waals surface area contributed by atoms with Crippen molar-refractivity contribution in [2.24, 2.45) is 0 Å². The number of nitrogens with one attached hydrogen (secondary N) is 1. The summed E-state index contributed by atoms with van der Waals surface area (Å²) in [7, 11) is 0. The maximum absolute atomic E-state index is 10.6. The molecule has 0 radical (unpaired) electrons. The van der Waals surface area contributed by atoms with Crippen molar-refractivity contribution >= 4 is 24.4 Å². The van der Waals surface area contributed by atoms with Crippen LogP contribution in [0.5, 0.6) is 0 Å². The minimum Gasteiger partial charge on any atom is -0.295 e. The molecule has 50 valence electrons. The zero-order valence-corrected chi connectivity index (χ0v) is 5.65. The fraction of sp³-hybridized carbons (Fsp3) is 0.600. The molecule has 2 amide bonds. The number of hydrogen-bond donors (Lipinski definition) is 2. The maximum Gasteiger partial charge on any atom is 0.239 e. The van der Waals surface area contributed by atoms with Gasteiger partial charge < -0.3 is 0 Å². The molecule has 9 heavy (non-hydrogen) atoms. The summed E-state index contributed by atoms with van der Waals surface area (Å²) in [6.07, 6.45) is 0.980. The van der Waals surface area contributed by atoms with Gasteiger partial charge in [-0.3, -0.25) is 14.9 Å². The van der Waals surface area contributed by atoms with E-state index in [-0.39, 0.29) is 17.1 Å². The summed E-state index contributed by atoms with van der Waals surface area (Å²) in [6, 6.07) is 0. The van der Waals surface area contributed by atoms with E-state index in [1.54, 1.807) is 0 Å². The molecule has 4 heteroatoms. The van der Waals surface area contributed by atoms with E-state index in [1.807, 2.05) is 0 Å². The molecule has 1 aliphatic heterocycles. The SMILES string of the molecule is O=C1CCC(S)C(=O)N1. The van der Waals surface area contributed by atoms with E-state index in [1.165, 1.54) is 0 Å². The highest BCUT2D eigenvalue weighted by molar-refractivity contribution is 7.81. The number of piperidine rings is 1. The van der Waals surface area contributed by atoms with Crippen molar-refractivity contribution in [1.82, 2.24) is 5.32 Å². The Morgan fingerprint density at radius 2 is 2.22 bits per heavy atom. The molecule has 0 aliphatic carbocycles. The molecule has 0 spiro atoms. The van der Waals surface area contributed by atoms with Crippen molar-refractivity contribution in [3.05, 3.63) is 0 Å². The molecular formula is C5H7NO2S. The van der Waals surface area contributed by atoms with Crippen molar-refractivity contribution in [1.29, 1.82) is 0 Å². The summed E-state index contributed by atoms with van der Waals surface area (Å²) in [5.41, 5.74) is 0. The molecular weight excluding hydrogens is 138 g/mol. The van der Waals surface area contributed by atoms with Crippen LogP contribution in [0.4, 0.5) is 0 Å². The largest absolute Gasteiger partial charge is 0.295 e. The number of carbonyl (C=O) groups is 2. The normalized spacial score (nSPS) is 27.9. The Balaban J connectivity index is 2.54. The highest BCUT2D eigenvalue weighted by atomic mass is 32.1. The molecule has 0 saturated carbocycles.